The molecule has 0 radical (unpaired) electrons. The third-order valence-corrected chi connectivity index (χ3v) is 5.11. The van der Waals surface area contributed by atoms with Gasteiger partial charge in [0.15, 0.2) is 0 Å². The molecule has 2 nitrogen and oxygen atoms in total. The third-order valence-electron chi connectivity index (χ3n) is 4.65. The Hall–Kier alpha value is -2.90. The number of halogens is 2. The zero-order valence-electron chi connectivity index (χ0n) is 12.9. The van der Waals surface area contributed by atoms with Crippen molar-refractivity contribution in [2.24, 2.45) is 0 Å². The summed E-state index contributed by atoms with van der Waals surface area (Å²) in [5, 5.41) is 13.9. The second-order valence-corrected chi connectivity index (χ2v) is 7.02. The van der Waals surface area contributed by atoms with Crippen molar-refractivity contribution >= 4 is 48.5 Å². The number of aromatic nitrogens is 1. The standard InChI is InChI=1S/C21H10BrFN2/c22-15-9-14-2-1-13-7-12(11-24)8-18-20(13)21(14)19(10-15)25(18)17-5-3-16(23)4-6-17/h1-10H. The highest BCUT2D eigenvalue weighted by atomic mass is 79.9. The van der Waals surface area contributed by atoms with E-state index in [2.05, 4.69) is 44.8 Å². The number of rotatable bonds is 1. The molecule has 0 aliphatic carbocycles. The summed E-state index contributed by atoms with van der Waals surface area (Å²) >= 11 is 3.59. The predicted octanol–water partition coefficient (Wildman–Crippen LogP) is 6.15. The molecule has 0 fully saturated rings. The normalized spacial score (nSPS) is 11.6. The van der Waals surface area contributed by atoms with Gasteiger partial charge in [0.2, 0.25) is 0 Å². The van der Waals surface area contributed by atoms with Crippen molar-refractivity contribution in [3.05, 3.63) is 76.5 Å². The van der Waals surface area contributed by atoms with E-state index in [9.17, 15) is 9.65 Å². The molecule has 118 valence electrons. The zero-order valence-corrected chi connectivity index (χ0v) is 14.5. The molecule has 0 bridgehead atoms. The van der Waals surface area contributed by atoms with Gasteiger partial charge in [-0.2, -0.15) is 5.26 Å². The van der Waals surface area contributed by atoms with Crippen molar-refractivity contribution in [3.8, 4) is 11.8 Å². The van der Waals surface area contributed by atoms with Gasteiger partial charge in [0.05, 0.1) is 22.7 Å². The molecule has 1 aromatic heterocycles. The number of benzene rings is 4. The van der Waals surface area contributed by atoms with Gasteiger partial charge in [-0.15, -0.1) is 0 Å². The molecule has 0 amide bonds. The van der Waals surface area contributed by atoms with Crippen molar-refractivity contribution < 1.29 is 4.39 Å². The van der Waals surface area contributed by atoms with E-state index in [1.165, 1.54) is 12.1 Å². The molecule has 0 N–H and O–H groups in total. The molecule has 1 heterocycles. The Morgan fingerprint density at radius 2 is 1.48 bits per heavy atom. The third kappa shape index (κ3) is 2.00. The molecule has 5 aromatic rings. The number of nitriles is 1. The van der Waals surface area contributed by atoms with Crippen molar-refractivity contribution in [3.63, 3.8) is 0 Å². The number of hydrogen-bond acceptors (Lipinski definition) is 1. The summed E-state index contributed by atoms with van der Waals surface area (Å²) in [5.74, 6) is -0.268. The van der Waals surface area contributed by atoms with Crippen LogP contribution in [-0.4, -0.2) is 4.57 Å². The highest BCUT2D eigenvalue weighted by Crippen LogP contribution is 2.40. The average Bonchev–Trinajstić information content (AvgIpc) is 2.94. The molecule has 0 atom stereocenters. The van der Waals surface area contributed by atoms with E-state index in [-0.39, 0.29) is 5.82 Å². The van der Waals surface area contributed by atoms with Gasteiger partial charge in [0.25, 0.3) is 0 Å². The van der Waals surface area contributed by atoms with Crippen molar-refractivity contribution in [2.75, 3.05) is 0 Å². The first-order valence-electron chi connectivity index (χ1n) is 7.81. The van der Waals surface area contributed by atoms with Crippen LogP contribution in [0.5, 0.6) is 0 Å². The maximum atomic E-state index is 13.4. The summed E-state index contributed by atoms with van der Waals surface area (Å²) in [6.07, 6.45) is 0. The largest absolute Gasteiger partial charge is 0.309 e. The lowest BCUT2D eigenvalue weighted by Gasteiger charge is -2.08. The summed E-state index contributed by atoms with van der Waals surface area (Å²) in [6, 6.07) is 20.8. The van der Waals surface area contributed by atoms with Crippen molar-refractivity contribution in [2.45, 2.75) is 0 Å². The van der Waals surface area contributed by atoms with Crippen LogP contribution in [0.2, 0.25) is 0 Å². The molecule has 0 aliphatic heterocycles. The molecule has 4 heteroatoms. The first kappa shape index (κ1) is 14.4. The van der Waals surface area contributed by atoms with Crippen molar-refractivity contribution in [1.82, 2.24) is 4.57 Å². The highest BCUT2D eigenvalue weighted by molar-refractivity contribution is 9.10. The van der Waals surface area contributed by atoms with Crippen molar-refractivity contribution in [1.29, 1.82) is 5.26 Å². The minimum absolute atomic E-state index is 0.268. The Kier molecular flexibility index (Phi) is 2.92. The summed E-state index contributed by atoms with van der Waals surface area (Å²) in [6.45, 7) is 0. The quantitative estimate of drug-likeness (QED) is 0.316. The summed E-state index contributed by atoms with van der Waals surface area (Å²) in [4.78, 5) is 0. The van der Waals surface area contributed by atoms with E-state index in [1.54, 1.807) is 12.1 Å². The van der Waals surface area contributed by atoms with Crippen LogP contribution < -0.4 is 0 Å². The molecule has 4 aromatic carbocycles. The Bertz CT molecular complexity index is 1310. The summed E-state index contributed by atoms with van der Waals surface area (Å²) in [5.41, 5.74) is 3.47. The minimum atomic E-state index is -0.268. The van der Waals surface area contributed by atoms with Crippen LogP contribution in [0.1, 0.15) is 5.56 Å². The van der Waals surface area contributed by atoms with Gasteiger partial charge in [-0.1, -0.05) is 28.1 Å². The van der Waals surface area contributed by atoms with Gasteiger partial charge in [-0.25, -0.2) is 4.39 Å². The highest BCUT2D eigenvalue weighted by Gasteiger charge is 2.18. The lowest BCUT2D eigenvalue weighted by atomic mass is 10.0. The second-order valence-electron chi connectivity index (χ2n) is 6.11. The lowest BCUT2D eigenvalue weighted by molar-refractivity contribution is 0.627. The lowest BCUT2D eigenvalue weighted by Crippen LogP contribution is -1.94. The van der Waals surface area contributed by atoms with Gasteiger partial charge in [-0.05, 0) is 59.3 Å². The average molecular weight is 389 g/mol. The molecular formula is C21H10BrFN2. The molecule has 0 spiro atoms. The van der Waals surface area contributed by atoms with Gasteiger partial charge in [0, 0.05) is 20.9 Å². The van der Waals surface area contributed by atoms with Gasteiger partial charge in [0.1, 0.15) is 5.82 Å². The number of nitrogens with zero attached hydrogens (tertiary/aromatic N) is 2. The Morgan fingerprint density at radius 1 is 0.840 bits per heavy atom. The van der Waals surface area contributed by atoms with E-state index < -0.39 is 0 Å². The van der Waals surface area contributed by atoms with Crippen LogP contribution in [0.3, 0.4) is 0 Å². The van der Waals surface area contributed by atoms with Crippen LogP contribution in [0.15, 0.2) is 65.1 Å². The van der Waals surface area contributed by atoms with E-state index in [4.69, 9.17) is 0 Å². The molecular weight excluding hydrogens is 379 g/mol. The van der Waals surface area contributed by atoms with Crippen LogP contribution in [0.4, 0.5) is 4.39 Å². The zero-order chi connectivity index (χ0) is 17.1. The Morgan fingerprint density at radius 3 is 2.16 bits per heavy atom. The number of hydrogen-bond donors (Lipinski definition) is 0. The van der Waals surface area contributed by atoms with Crippen LogP contribution in [0.25, 0.3) is 38.3 Å². The second kappa shape index (κ2) is 5.05. The van der Waals surface area contributed by atoms with E-state index >= 15 is 0 Å². The first-order chi connectivity index (χ1) is 12.2. The molecule has 0 unspecified atom stereocenters. The fourth-order valence-electron chi connectivity index (χ4n) is 3.66. The van der Waals surface area contributed by atoms with Gasteiger partial charge < -0.3 is 4.57 Å². The first-order valence-corrected chi connectivity index (χ1v) is 8.61. The van der Waals surface area contributed by atoms with E-state index in [0.717, 1.165) is 42.7 Å². The summed E-state index contributed by atoms with van der Waals surface area (Å²) in [7, 11) is 0. The predicted molar refractivity (Wildman–Crippen MR) is 102 cm³/mol. The maximum Gasteiger partial charge on any atom is 0.123 e. The summed E-state index contributed by atoms with van der Waals surface area (Å²) < 4.78 is 16.5. The van der Waals surface area contributed by atoms with Crippen LogP contribution in [0, 0.1) is 17.1 Å². The monoisotopic (exact) mass is 388 g/mol. The van der Waals surface area contributed by atoms with Gasteiger partial charge in [-0.3, -0.25) is 0 Å². The molecule has 5 rings (SSSR count). The van der Waals surface area contributed by atoms with Crippen LogP contribution >= 0.6 is 15.9 Å². The molecule has 0 saturated heterocycles. The molecule has 0 saturated carbocycles. The maximum absolute atomic E-state index is 13.4. The minimum Gasteiger partial charge on any atom is -0.309 e. The molecule has 0 aliphatic rings. The smallest absolute Gasteiger partial charge is 0.123 e. The van der Waals surface area contributed by atoms with Gasteiger partial charge >= 0.3 is 0 Å². The fourth-order valence-corrected chi connectivity index (χ4v) is 4.13. The Balaban J connectivity index is 2.07. The van der Waals surface area contributed by atoms with E-state index in [0.29, 0.717) is 5.56 Å². The van der Waals surface area contributed by atoms with Crippen LogP contribution in [-0.2, 0) is 0 Å². The fraction of sp³-hybridized carbons (Fsp3) is 0. The Labute approximate surface area is 151 Å². The van der Waals surface area contributed by atoms with E-state index in [1.807, 2.05) is 18.2 Å². The topological polar surface area (TPSA) is 28.7 Å². The SMILES string of the molecule is N#Cc1cc2ccc3cc(Br)cc4c3c2c(c1)n4-c1ccc(F)cc1. The molecule has 25 heavy (non-hydrogen) atoms.